The van der Waals surface area contributed by atoms with Crippen molar-refractivity contribution in [3.63, 3.8) is 0 Å². The van der Waals surface area contributed by atoms with Gasteiger partial charge in [-0.15, -0.1) is 0 Å². The number of rotatable bonds is 3. The van der Waals surface area contributed by atoms with Crippen LogP contribution < -0.4 is 11.1 Å². The first kappa shape index (κ1) is 9.36. The summed E-state index contributed by atoms with van der Waals surface area (Å²) in [5.74, 6) is 0.610. The summed E-state index contributed by atoms with van der Waals surface area (Å²) in [4.78, 5) is 4.19. The summed E-state index contributed by atoms with van der Waals surface area (Å²) in [6.45, 7) is 5.13. The third-order valence-electron chi connectivity index (χ3n) is 2.39. The molecule has 0 spiro atoms. The Morgan fingerprint density at radius 3 is 2.67 bits per heavy atom. The molecule has 1 aliphatic rings. The van der Waals surface area contributed by atoms with E-state index in [-0.39, 0.29) is 5.54 Å². The predicted molar refractivity (Wildman–Crippen MR) is 52.2 cm³/mol. The van der Waals surface area contributed by atoms with Crippen LogP contribution >= 0.6 is 0 Å². The molecule has 12 heavy (non-hydrogen) atoms. The maximum atomic E-state index is 5.69. The average molecular weight is 169 g/mol. The van der Waals surface area contributed by atoms with E-state index >= 15 is 0 Å². The molecule has 70 valence electrons. The molecule has 0 aromatic heterocycles. The Kier molecular flexibility index (Phi) is 2.95. The smallest absolute Gasteiger partial charge is 0.189 e. The van der Waals surface area contributed by atoms with E-state index in [1.807, 2.05) is 0 Å². The van der Waals surface area contributed by atoms with Crippen LogP contribution in [-0.4, -0.2) is 18.0 Å². The zero-order chi connectivity index (χ0) is 9.03. The Morgan fingerprint density at radius 1 is 1.58 bits per heavy atom. The minimum Gasteiger partial charge on any atom is -0.370 e. The second kappa shape index (κ2) is 3.78. The van der Waals surface area contributed by atoms with Crippen molar-refractivity contribution < 1.29 is 0 Å². The van der Waals surface area contributed by atoms with Crippen molar-refractivity contribution in [1.29, 1.82) is 0 Å². The van der Waals surface area contributed by atoms with Crippen molar-refractivity contribution >= 4 is 5.96 Å². The predicted octanol–water partition coefficient (Wildman–Crippen LogP) is 1.24. The van der Waals surface area contributed by atoms with Crippen molar-refractivity contribution in [2.24, 2.45) is 10.7 Å². The molecule has 1 aliphatic carbocycles. The lowest BCUT2D eigenvalue weighted by Gasteiger charge is -2.39. The molecule has 0 aromatic rings. The molecule has 3 N–H and O–H groups in total. The van der Waals surface area contributed by atoms with Gasteiger partial charge in [-0.2, -0.15) is 0 Å². The fraction of sp³-hybridized carbons (Fsp3) is 0.889. The van der Waals surface area contributed by atoms with E-state index in [2.05, 4.69) is 24.2 Å². The zero-order valence-electron chi connectivity index (χ0n) is 8.06. The van der Waals surface area contributed by atoms with Crippen molar-refractivity contribution in [2.45, 2.75) is 45.1 Å². The Labute approximate surface area is 74.4 Å². The Morgan fingerprint density at radius 2 is 2.25 bits per heavy atom. The lowest BCUT2D eigenvalue weighted by atomic mass is 9.79. The summed E-state index contributed by atoms with van der Waals surface area (Å²) in [7, 11) is 0. The van der Waals surface area contributed by atoms with Crippen LogP contribution in [-0.2, 0) is 0 Å². The first-order chi connectivity index (χ1) is 5.66. The molecule has 1 rings (SSSR count). The van der Waals surface area contributed by atoms with Crippen LogP contribution in [0.3, 0.4) is 0 Å². The fourth-order valence-electron chi connectivity index (χ4n) is 1.41. The number of hydrogen-bond donors (Lipinski definition) is 2. The maximum absolute atomic E-state index is 5.69. The molecule has 0 atom stereocenters. The molecule has 0 aliphatic heterocycles. The Bertz CT molecular complexity index is 171. The number of aliphatic imine (C=N–C) groups is 1. The highest BCUT2D eigenvalue weighted by Crippen LogP contribution is 2.30. The Balaban J connectivity index is 2.29. The second-order valence-corrected chi connectivity index (χ2v) is 3.81. The van der Waals surface area contributed by atoms with Gasteiger partial charge in [-0.25, -0.2) is 0 Å². The van der Waals surface area contributed by atoms with Gasteiger partial charge < -0.3 is 11.1 Å². The van der Waals surface area contributed by atoms with Gasteiger partial charge in [0.1, 0.15) is 0 Å². The lowest BCUT2D eigenvalue weighted by Crippen LogP contribution is -2.53. The lowest BCUT2D eigenvalue weighted by molar-refractivity contribution is 0.243. The quantitative estimate of drug-likeness (QED) is 0.493. The van der Waals surface area contributed by atoms with Crippen LogP contribution in [0.5, 0.6) is 0 Å². The highest BCUT2D eigenvalue weighted by Gasteiger charge is 2.31. The largest absolute Gasteiger partial charge is 0.370 e. The van der Waals surface area contributed by atoms with Crippen LogP contribution in [0.25, 0.3) is 0 Å². The van der Waals surface area contributed by atoms with Crippen molar-refractivity contribution in [3.8, 4) is 0 Å². The maximum Gasteiger partial charge on any atom is 0.189 e. The summed E-state index contributed by atoms with van der Waals surface area (Å²) < 4.78 is 0. The van der Waals surface area contributed by atoms with Gasteiger partial charge in [0.25, 0.3) is 0 Å². The zero-order valence-corrected chi connectivity index (χ0v) is 8.06. The van der Waals surface area contributed by atoms with Crippen LogP contribution in [0, 0.1) is 0 Å². The van der Waals surface area contributed by atoms with Gasteiger partial charge >= 0.3 is 0 Å². The molecule has 0 heterocycles. The fourth-order valence-corrected chi connectivity index (χ4v) is 1.41. The van der Waals surface area contributed by atoms with Gasteiger partial charge in [0.15, 0.2) is 5.96 Å². The van der Waals surface area contributed by atoms with Crippen LogP contribution in [0.1, 0.15) is 39.5 Å². The molecule has 0 bridgehead atoms. The first-order valence-electron chi connectivity index (χ1n) is 4.74. The number of guanidine groups is 1. The number of nitrogens with zero attached hydrogens (tertiary/aromatic N) is 1. The third-order valence-corrected chi connectivity index (χ3v) is 2.39. The normalized spacial score (nSPS) is 21.7. The van der Waals surface area contributed by atoms with E-state index in [1.165, 1.54) is 19.3 Å². The molecule has 3 heteroatoms. The summed E-state index contributed by atoms with van der Waals surface area (Å²) in [6, 6.07) is 0. The third kappa shape index (κ3) is 2.40. The molecule has 0 unspecified atom stereocenters. The molecule has 1 saturated carbocycles. The monoisotopic (exact) mass is 169 g/mol. The van der Waals surface area contributed by atoms with Crippen molar-refractivity contribution in [3.05, 3.63) is 0 Å². The Hall–Kier alpha value is -0.730. The van der Waals surface area contributed by atoms with Gasteiger partial charge in [0, 0.05) is 12.1 Å². The molecule has 0 amide bonds. The number of nitrogens with one attached hydrogen (secondary N) is 1. The van der Waals surface area contributed by atoms with Gasteiger partial charge in [-0.1, -0.05) is 6.92 Å². The van der Waals surface area contributed by atoms with E-state index in [0.717, 1.165) is 13.0 Å². The summed E-state index contributed by atoms with van der Waals surface area (Å²) in [5, 5.41) is 3.26. The van der Waals surface area contributed by atoms with Gasteiger partial charge in [0.05, 0.1) is 0 Å². The van der Waals surface area contributed by atoms with Gasteiger partial charge in [0.2, 0.25) is 0 Å². The highest BCUT2D eigenvalue weighted by atomic mass is 15.1. The molecular formula is C9H19N3. The standard InChI is InChI=1S/C9H19N3/c1-3-7-11-8(10)12-9(2)5-4-6-9/h3-7H2,1-2H3,(H3,10,11,12). The number of nitrogens with two attached hydrogens (primary N) is 1. The van der Waals surface area contributed by atoms with Crippen molar-refractivity contribution in [1.82, 2.24) is 5.32 Å². The SMILES string of the molecule is CCCN=C(N)NC1(C)CCC1. The van der Waals surface area contributed by atoms with Crippen LogP contribution in [0.4, 0.5) is 0 Å². The molecule has 0 saturated heterocycles. The molecular weight excluding hydrogens is 150 g/mol. The van der Waals surface area contributed by atoms with E-state index in [1.54, 1.807) is 0 Å². The highest BCUT2D eigenvalue weighted by molar-refractivity contribution is 5.78. The molecule has 0 aromatic carbocycles. The van der Waals surface area contributed by atoms with Crippen LogP contribution in [0.15, 0.2) is 4.99 Å². The van der Waals surface area contributed by atoms with E-state index in [0.29, 0.717) is 5.96 Å². The summed E-state index contributed by atoms with van der Waals surface area (Å²) in [5.41, 5.74) is 5.93. The van der Waals surface area contributed by atoms with Gasteiger partial charge in [-0.3, -0.25) is 4.99 Å². The molecule has 1 fully saturated rings. The minimum absolute atomic E-state index is 0.237. The number of hydrogen-bond acceptors (Lipinski definition) is 1. The van der Waals surface area contributed by atoms with E-state index < -0.39 is 0 Å². The molecule has 0 radical (unpaired) electrons. The average Bonchev–Trinajstić information content (AvgIpc) is 1.98. The second-order valence-electron chi connectivity index (χ2n) is 3.81. The molecule has 3 nitrogen and oxygen atoms in total. The van der Waals surface area contributed by atoms with Crippen molar-refractivity contribution in [2.75, 3.05) is 6.54 Å². The summed E-state index contributed by atoms with van der Waals surface area (Å²) >= 11 is 0. The first-order valence-corrected chi connectivity index (χ1v) is 4.74. The topological polar surface area (TPSA) is 50.4 Å². The van der Waals surface area contributed by atoms with E-state index in [4.69, 9.17) is 5.73 Å². The van der Waals surface area contributed by atoms with E-state index in [9.17, 15) is 0 Å². The van der Waals surface area contributed by atoms with Gasteiger partial charge in [-0.05, 0) is 32.6 Å². The van der Waals surface area contributed by atoms with Crippen LogP contribution in [0.2, 0.25) is 0 Å². The minimum atomic E-state index is 0.237. The summed E-state index contributed by atoms with van der Waals surface area (Å²) in [6.07, 6.45) is 4.80.